The summed E-state index contributed by atoms with van der Waals surface area (Å²) in [6.07, 6.45) is 5.00. The summed E-state index contributed by atoms with van der Waals surface area (Å²) in [6, 6.07) is 4.58. The average molecular weight is 277 g/mol. The van der Waals surface area contributed by atoms with Crippen molar-refractivity contribution in [1.82, 2.24) is 4.90 Å². The number of amidine groups is 1. The van der Waals surface area contributed by atoms with E-state index in [0.29, 0.717) is 5.56 Å². The maximum Gasteiger partial charge on any atom is 0.123 e. The molecule has 1 heterocycles. The normalized spacial score (nSPS) is 20.6. The zero-order valence-electron chi connectivity index (χ0n) is 12.2. The third-order valence-electron chi connectivity index (χ3n) is 4.27. The highest BCUT2D eigenvalue weighted by Crippen LogP contribution is 2.22. The highest BCUT2D eigenvalue weighted by Gasteiger charge is 2.17. The topological polar surface area (TPSA) is 53.1 Å². The van der Waals surface area contributed by atoms with Crippen LogP contribution in [0.1, 0.15) is 43.7 Å². The van der Waals surface area contributed by atoms with Crippen LogP contribution in [0.25, 0.3) is 0 Å². The lowest BCUT2D eigenvalue weighted by atomic mass is 9.98. The van der Waals surface area contributed by atoms with Gasteiger partial charge in [-0.05, 0) is 56.0 Å². The smallest absolute Gasteiger partial charge is 0.123 e. The number of benzene rings is 1. The van der Waals surface area contributed by atoms with Crippen LogP contribution in [0.5, 0.6) is 0 Å². The second-order valence-corrected chi connectivity index (χ2v) is 5.70. The van der Waals surface area contributed by atoms with E-state index in [2.05, 4.69) is 11.8 Å². The lowest BCUT2D eigenvalue weighted by molar-refractivity contribution is 0.272. The van der Waals surface area contributed by atoms with Crippen LogP contribution in [-0.2, 0) is 6.54 Å². The van der Waals surface area contributed by atoms with Gasteiger partial charge in [0.2, 0.25) is 0 Å². The molecule has 20 heavy (non-hydrogen) atoms. The Hall–Kier alpha value is -1.42. The molecule has 0 bridgehead atoms. The van der Waals surface area contributed by atoms with Gasteiger partial charge in [0.1, 0.15) is 11.7 Å². The zero-order chi connectivity index (χ0) is 14.5. The summed E-state index contributed by atoms with van der Waals surface area (Å²) in [5.74, 6) is 0.446. The van der Waals surface area contributed by atoms with E-state index in [1.54, 1.807) is 6.07 Å². The molecule has 1 atom stereocenters. The molecular weight excluding hydrogens is 253 g/mol. The molecule has 1 fully saturated rings. The number of nitrogens with one attached hydrogen (secondary N) is 1. The second kappa shape index (κ2) is 6.84. The number of rotatable bonds is 4. The van der Waals surface area contributed by atoms with E-state index >= 15 is 0 Å². The van der Waals surface area contributed by atoms with Crippen molar-refractivity contribution in [3.63, 3.8) is 0 Å². The number of nitrogen functional groups attached to an aromatic ring is 1. The predicted octanol–water partition coefficient (Wildman–Crippen LogP) is 3.12. The maximum atomic E-state index is 13.3. The molecule has 4 heteroatoms. The van der Waals surface area contributed by atoms with Crippen molar-refractivity contribution >= 4 is 5.84 Å². The fourth-order valence-electron chi connectivity index (χ4n) is 2.97. The Morgan fingerprint density at radius 1 is 1.40 bits per heavy atom. The fourth-order valence-corrected chi connectivity index (χ4v) is 2.97. The first kappa shape index (κ1) is 15.0. The molecule has 3 N–H and O–H groups in total. The fraction of sp³-hybridized carbons (Fsp3) is 0.562. The summed E-state index contributed by atoms with van der Waals surface area (Å²) in [5, 5.41) is 7.59. The van der Waals surface area contributed by atoms with E-state index in [4.69, 9.17) is 11.1 Å². The van der Waals surface area contributed by atoms with Crippen LogP contribution in [0.4, 0.5) is 4.39 Å². The molecule has 3 nitrogen and oxygen atoms in total. The van der Waals surface area contributed by atoms with Crippen LogP contribution in [0.3, 0.4) is 0 Å². The minimum Gasteiger partial charge on any atom is -0.384 e. The van der Waals surface area contributed by atoms with Crippen molar-refractivity contribution in [3.8, 4) is 0 Å². The van der Waals surface area contributed by atoms with Crippen LogP contribution in [0, 0.1) is 17.1 Å². The van der Waals surface area contributed by atoms with Gasteiger partial charge < -0.3 is 5.73 Å². The van der Waals surface area contributed by atoms with Gasteiger partial charge >= 0.3 is 0 Å². The van der Waals surface area contributed by atoms with Gasteiger partial charge in [-0.2, -0.15) is 0 Å². The second-order valence-electron chi connectivity index (χ2n) is 5.70. The quantitative estimate of drug-likeness (QED) is 0.656. The first-order chi connectivity index (χ1) is 9.60. The molecule has 2 rings (SSSR count). The monoisotopic (exact) mass is 277 g/mol. The summed E-state index contributed by atoms with van der Waals surface area (Å²) in [7, 11) is 0. The highest BCUT2D eigenvalue weighted by atomic mass is 19.1. The molecular formula is C16H24FN3. The molecule has 1 aromatic carbocycles. The third-order valence-corrected chi connectivity index (χ3v) is 4.27. The summed E-state index contributed by atoms with van der Waals surface area (Å²) in [5.41, 5.74) is 7.04. The minimum absolute atomic E-state index is 0.0549. The van der Waals surface area contributed by atoms with E-state index in [-0.39, 0.29) is 11.7 Å². The van der Waals surface area contributed by atoms with E-state index in [9.17, 15) is 4.39 Å². The maximum absolute atomic E-state index is 13.3. The summed E-state index contributed by atoms with van der Waals surface area (Å²) in [4.78, 5) is 2.40. The molecule has 0 saturated carbocycles. The summed E-state index contributed by atoms with van der Waals surface area (Å²) in [6.45, 7) is 5.16. The van der Waals surface area contributed by atoms with E-state index in [0.717, 1.165) is 31.1 Å². The van der Waals surface area contributed by atoms with Crippen LogP contribution in [-0.4, -0.2) is 23.8 Å². The van der Waals surface area contributed by atoms with Gasteiger partial charge in [0.15, 0.2) is 0 Å². The molecule has 1 unspecified atom stereocenters. The Labute approximate surface area is 120 Å². The molecule has 110 valence electrons. The van der Waals surface area contributed by atoms with Gasteiger partial charge in [-0.1, -0.05) is 19.4 Å². The molecule has 0 spiro atoms. The van der Waals surface area contributed by atoms with Crippen molar-refractivity contribution in [2.75, 3.05) is 13.1 Å². The summed E-state index contributed by atoms with van der Waals surface area (Å²) < 4.78 is 13.3. The molecule has 1 aliphatic rings. The SMILES string of the molecule is CCC1CCCN(Cc2ccc(F)cc2C(=N)N)CC1. The first-order valence-electron chi connectivity index (χ1n) is 7.45. The van der Waals surface area contributed by atoms with Crippen LogP contribution >= 0.6 is 0 Å². The standard InChI is InChI=1S/C16H24FN3/c1-2-12-4-3-8-20(9-7-12)11-13-5-6-14(17)10-15(13)16(18)19/h5-6,10,12H,2-4,7-9,11H2,1H3,(H3,18,19). The van der Waals surface area contributed by atoms with Gasteiger partial charge in [0.05, 0.1) is 0 Å². The Kier molecular flexibility index (Phi) is 5.12. The Bertz CT molecular complexity index is 473. The van der Waals surface area contributed by atoms with Crippen molar-refractivity contribution in [2.24, 2.45) is 11.7 Å². The van der Waals surface area contributed by atoms with Gasteiger partial charge in [-0.25, -0.2) is 4.39 Å². The molecule has 0 aromatic heterocycles. The predicted molar refractivity (Wildman–Crippen MR) is 80.3 cm³/mol. The molecule has 1 aliphatic heterocycles. The number of nitrogens with two attached hydrogens (primary N) is 1. The summed E-state index contributed by atoms with van der Waals surface area (Å²) >= 11 is 0. The first-order valence-corrected chi connectivity index (χ1v) is 7.45. The van der Waals surface area contributed by atoms with Gasteiger partial charge in [-0.3, -0.25) is 10.3 Å². The Balaban J connectivity index is 2.08. The highest BCUT2D eigenvalue weighted by molar-refractivity contribution is 5.96. The largest absolute Gasteiger partial charge is 0.384 e. The minimum atomic E-state index is -0.333. The molecule has 0 amide bonds. The number of hydrogen-bond donors (Lipinski definition) is 2. The number of likely N-dealkylation sites (tertiary alicyclic amines) is 1. The molecule has 1 saturated heterocycles. The molecule has 0 radical (unpaired) electrons. The molecule has 0 aliphatic carbocycles. The average Bonchev–Trinajstić information content (AvgIpc) is 2.65. The Morgan fingerprint density at radius 3 is 2.90 bits per heavy atom. The number of hydrogen-bond acceptors (Lipinski definition) is 2. The Morgan fingerprint density at radius 2 is 2.20 bits per heavy atom. The lowest BCUT2D eigenvalue weighted by Crippen LogP contribution is -2.26. The van der Waals surface area contributed by atoms with Crippen LogP contribution < -0.4 is 5.73 Å². The van der Waals surface area contributed by atoms with Crippen molar-refractivity contribution < 1.29 is 4.39 Å². The van der Waals surface area contributed by atoms with E-state index < -0.39 is 0 Å². The number of halogens is 1. The number of nitrogens with zero attached hydrogens (tertiary/aromatic N) is 1. The molecule has 1 aromatic rings. The van der Waals surface area contributed by atoms with Gasteiger partial charge in [0.25, 0.3) is 0 Å². The van der Waals surface area contributed by atoms with Crippen molar-refractivity contribution in [2.45, 2.75) is 39.2 Å². The van der Waals surface area contributed by atoms with Gasteiger partial charge in [-0.15, -0.1) is 0 Å². The van der Waals surface area contributed by atoms with Crippen molar-refractivity contribution in [3.05, 3.63) is 35.1 Å². The van der Waals surface area contributed by atoms with Gasteiger partial charge in [0, 0.05) is 12.1 Å². The van der Waals surface area contributed by atoms with Crippen LogP contribution in [0.15, 0.2) is 18.2 Å². The van der Waals surface area contributed by atoms with Crippen molar-refractivity contribution in [1.29, 1.82) is 5.41 Å². The third kappa shape index (κ3) is 3.79. The van der Waals surface area contributed by atoms with Crippen LogP contribution in [0.2, 0.25) is 0 Å². The zero-order valence-corrected chi connectivity index (χ0v) is 12.2. The van der Waals surface area contributed by atoms with E-state index in [1.807, 2.05) is 0 Å². The lowest BCUT2D eigenvalue weighted by Gasteiger charge is -2.21. The van der Waals surface area contributed by atoms with E-state index in [1.165, 1.54) is 37.8 Å².